The lowest BCUT2D eigenvalue weighted by Gasteiger charge is -2.33. The molecule has 0 radical (unpaired) electrons. The van der Waals surface area contributed by atoms with Crippen molar-refractivity contribution in [2.75, 3.05) is 19.6 Å². The first-order valence-corrected chi connectivity index (χ1v) is 10.9. The standard InChI is InChI=1S/C23H25N3O2S/c27-22(19-11-7-13-24-23(19)29-18-9-3-1-4-10-18)25-17-20(21-12-8-16-28-21)26-14-5-2-6-15-26/h1,3-4,7-13,16,20H,2,5-6,14-15,17H2,(H,25,27). The van der Waals surface area contributed by atoms with E-state index in [0.717, 1.165) is 23.7 Å². The Morgan fingerprint density at radius 2 is 1.90 bits per heavy atom. The van der Waals surface area contributed by atoms with Gasteiger partial charge in [-0.15, -0.1) is 0 Å². The number of carbonyl (C=O) groups excluding carboxylic acids is 1. The van der Waals surface area contributed by atoms with Crippen LogP contribution in [0.2, 0.25) is 0 Å². The van der Waals surface area contributed by atoms with Gasteiger partial charge in [0.15, 0.2) is 0 Å². The van der Waals surface area contributed by atoms with Gasteiger partial charge in [0.2, 0.25) is 0 Å². The Kier molecular flexibility index (Phi) is 6.64. The summed E-state index contributed by atoms with van der Waals surface area (Å²) < 4.78 is 5.68. The number of nitrogens with zero attached hydrogens (tertiary/aromatic N) is 2. The number of furan rings is 1. The van der Waals surface area contributed by atoms with E-state index in [1.165, 1.54) is 31.0 Å². The van der Waals surface area contributed by atoms with Gasteiger partial charge in [-0.1, -0.05) is 36.4 Å². The monoisotopic (exact) mass is 407 g/mol. The van der Waals surface area contributed by atoms with Crippen molar-refractivity contribution < 1.29 is 9.21 Å². The number of hydrogen-bond acceptors (Lipinski definition) is 5. The van der Waals surface area contributed by atoms with Gasteiger partial charge in [0.25, 0.3) is 5.91 Å². The van der Waals surface area contributed by atoms with Crippen molar-refractivity contribution in [3.8, 4) is 0 Å². The molecule has 6 heteroatoms. The number of rotatable bonds is 7. The van der Waals surface area contributed by atoms with Gasteiger partial charge in [0.05, 0.1) is 17.9 Å². The molecular weight excluding hydrogens is 382 g/mol. The SMILES string of the molecule is O=C(NCC(c1ccco1)N1CCCCC1)c1cccnc1Sc1ccccc1. The van der Waals surface area contributed by atoms with E-state index in [2.05, 4.69) is 15.2 Å². The van der Waals surface area contributed by atoms with Crippen LogP contribution >= 0.6 is 11.8 Å². The minimum atomic E-state index is -0.106. The second-order valence-electron chi connectivity index (χ2n) is 7.11. The van der Waals surface area contributed by atoms with Crippen LogP contribution < -0.4 is 5.32 Å². The van der Waals surface area contributed by atoms with Crippen LogP contribution in [-0.2, 0) is 0 Å². The summed E-state index contributed by atoms with van der Waals surface area (Å²) in [7, 11) is 0. The third kappa shape index (κ3) is 5.08. The molecule has 1 aliphatic heterocycles. The summed E-state index contributed by atoms with van der Waals surface area (Å²) in [5.74, 6) is 0.794. The maximum atomic E-state index is 13.0. The van der Waals surface area contributed by atoms with Crippen molar-refractivity contribution in [2.45, 2.75) is 35.2 Å². The summed E-state index contributed by atoms with van der Waals surface area (Å²) >= 11 is 1.50. The van der Waals surface area contributed by atoms with Gasteiger partial charge in [-0.3, -0.25) is 9.69 Å². The van der Waals surface area contributed by atoms with Crippen molar-refractivity contribution in [1.29, 1.82) is 0 Å². The first-order chi connectivity index (χ1) is 14.3. The van der Waals surface area contributed by atoms with Crippen LogP contribution in [0.1, 0.15) is 41.4 Å². The molecule has 1 unspecified atom stereocenters. The predicted octanol–water partition coefficient (Wildman–Crippen LogP) is 4.78. The zero-order chi connectivity index (χ0) is 19.9. The highest BCUT2D eigenvalue weighted by molar-refractivity contribution is 7.99. The van der Waals surface area contributed by atoms with Crippen LogP contribution in [0.25, 0.3) is 0 Å². The van der Waals surface area contributed by atoms with Gasteiger partial charge < -0.3 is 9.73 Å². The molecule has 2 aromatic heterocycles. The highest BCUT2D eigenvalue weighted by Crippen LogP contribution is 2.29. The van der Waals surface area contributed by atoms with Crippen LogP contribution in [0.15, 0.2) is 81.4 Å². The molecule has 150 valence electrons. The van der Waals surface area contributed by atoms with Crippen LogP contribution in [0.5, 0.6) is 0 Å². The van der Waals surface area contributed by atoms with E-state index in [-0.39, 0.29) is 11.9 Å². The molecule has 3 heterocycles. The Bertz CT molecular complexity index is 909. The highest BCUT2D eigenvalue weighted by atomic mass is 32.2. The van der Waals surface area contributed by atoms with E-state index >= 15 is 0 Å². The quantitative estimate of drug-likeness (QED) is 0.611. The van der Waals surface area contributed by atoms with Gasteiger partial charge in [-0.2, -0.15) is 0 Å². The van der Waals surface area contributed by atoms with Crippen molar-refractivity contribution >= 4 is 17.7 Å². The van der Waals surface area contributed by atoms with E-state index in [0.29, 0.717) is 17.1 Å². The van der Waals surface area contributed by atoms with Crippen LogP contribution in [0.3, 0.4) is 0 Å². The van der Waals surface area contributed by atoms with Crippen LogP contribution in [0.4, 0.5) is 0 Å². The Hall–Kier alpha value is -2.57. The first-order valence-electron chi connectivity index (χ1n) is 10.0. The zero-order valence-corrected chi connectivity index (χ0v) is 17.1. The first kappa shape index (κ1) is 19.7. The molecule has 1 N–H and O–H groups in total. The largest absolute Gasteiger partial charge is 0.468 e. The molecule has 1 saturated heterocycles. The van der Waals surface area contributed by atoms with E-state index in [1.807, 2.05) is 48.5 Å². The van der Waals surface area contributed by atoms with Gasteiger partial charge in [-0.05, 0) is 62.3 Å². The molecule has 1 aliphatic rings. The van der Waals surface area contributed by atoms with E-state index < -0.39 is 0 Å². The van der Waals surface area contributed by atoms with Crippen molar-refractivity contribution in [1.82, 2.24) is 15.2 Å². The Morgan fingerprint density at radius 1 is 1.07 bits per heavy atom. The molecule has 1 amide bonds. The molecule has 0 aliphatic carbocycles. The number of likely N-dealkylation sites (tertiary alicyclic amines) is 1. The maximum absolute atomic E-state index is 13.0. The summed E-state index contributed by atoms with van der Waals surface area (Å²) in [6.07, 6.45) is 7.06. The average Bonchev–Trinajstić information content (AvgIpc) is 3.30. The fourth-order valence-corrected chi connectivity index (χ4v) is 4.55. The fourth-order valence-electron chi connectivity index (χ4n) is 3.65. The number of pyridine rings is 1. The lowest BCUT2D eigenvalue weighted by atomic mass is 10.1. The number of amides is 1. The minimum absolute atomic E-state index is 0.0520. The molecule has 1 fully saturated rings. The van der Waals surface area contributed by atoms with Crippen LogP contribution in [-0.4, -0.2) is 35.4 Å². The Balaban J connectivity index is 1.47. The fraction of sp³-hybridized carbons (Fsp3) is 0.304. The van der Waals surface area contributed by atoms with Gasteiger partial charge in [-0.25, -0.2) is 4.98 Å². The Labute approximate surface area is 175 Å². The summed E-state index contributed by atoms with van der Waals surface area (Å²) in [6.45, 7) is 2.57. The molecule has 29 heavy (non-hydrogen) atoms. The minimum Gasteiger partial charge on any atom is -0.468 e. The predicted molar refractivity (Wildman–Crippen MR) is 114 cm³/mol. The number of piperidine rings is 1. The zero-order valence-electron chi connectivity index (χ0n) is 16.3. The van der Waals surface area contributed by atoms with E-state index in [1.54, 1.807) is 18.5 Å². The van der Waals surface area contributed by atoms with Crippen molar-refractivity contribution in [3.05, 3.63) is 78.4 Å². The summed E-state index contributed by atoms with van der Waals surface area (Å²) in [5.41, 5.74) is 0.596. The molecule has 0 bridgehead atoms. The highest BCUT2D eigenvalue weighted by Gasteiger charge is 2.25. The van der Waals surface area contributed by atoms with Crippen molar-refractivity contribution in [3.63, 3.8) is 0 Å². The number of aromatic nitrogens is 1. The third-order valence-corrected chi connectivity index (χ3v) is 6.16. The normalized spacial score (nSPS) is 15.7. The lowest BCUT2D eigenvalue weighted by Crippen LogP contribution is -2.40. The summed E-state index contributed by atoms with van der Waals surface area (Å²) in [6, 6.07) is 17.6. The second kappa shape index (κ2) is 9.76. The number of carbonyl (C=O) groups is 1. The molecule has 1 atom stereocenters. The molecule has 0 spiro atoms. The molecule has 5 nitrogen and oxygen atoms in total. The van der Waals surface area contributed by atoms with Gasteiger partial charge in [0.1, 0.15) is 10.8 Å². The second-order valence-corrected chi connectivity index (χ2v) is 8.17. The van der Waals surface area contributed by atoms with Gasteiger partial charge >= 0.3 is 0 Å². The number of nitrogens with one attached hydrogen (secondary N) is 1. The number of benzene rings is 1. The summed E-state index contributed by atoms with van der Waals surface area (Å²) in [5, 5.41) is 3.83. The van der Waals surface area contributed by atoms with Crippen molar-refractivity contribution in [2.24, 2.45) is 0 Å². The molecule has 4 rings (SSSR count). The average molecular weight is 408 g/mol. The topological polar surface area (TPSA) is 58.4 Å². The summed E-state index contributed by atoms with van der Waals surface area (Å²) in [4.78, 5) is 20.9. The smallest absolute Gasteiger partial charge is 0.254 e. The third-order valence-electron chi connectivity index (χ3n) is 5.13. The Morgan fingerprint density at radius 3 is 2.66 bits per heavy atom. The molecule has 3 aromatic rings. The number of hydrogen-bond donors (Lipinski definition) is 1. The molecule has 0 saturated carbocycles. The van der Waals surface area contributed by atoms with Gasteiger partial charge in [0, 0.05) is 17.6 Å². The van der Waals surface area contributed by atoms with Crippen LogP contribution in [0, 0.1) is 0 Å². The lowest BCUT2D eigenvalue weighted by molar-refractivity contribution is 0.0910. The molecular formula is C23H25N3O2S. The van der Waals surface area contributed by atoms with E-state index in [9.17, 15) is 4.79 Å². The maximum Gasteiger partial charge on any atom is 0.254 e. The van der Waals surface area contributed by atoms with E-state index in [4.69, 9.17) is 4.42 Å². The molecule has 1 aromatic carbocycles.